The summed E-state index contributed by atoms with van der Waals surface area (Å²) in [6.45, 7) is 1.86. The molecule has 27 heavy (non-hydrogen) atoms. The number of rotatable bonds is 3. The van der Waals surface area contributed by atoms with Crippen LogP contribution >= 0.6 is 11.8 Å². The minimum atomic E-state index is -0.378. The highest BCUT2D eigenvalue weighted by Crippen LogP contribution is 2.42. The lowest BCUT2D eigenvalue weighted by Gasteiger charge is -2.28. The molecule has 1 aliphatic heterocycles. The number of esters is 1. The molecule has 0 radical (unpaired) electrons. The van der Waals surface area contributed by atoms with Crippen molar-refractivity contribution in [1.82, 2.24) is 0 Å². The Labute approximate surface area is 164 Å². The number of carbonyl (C=O) groups is 2. The van der Waals surface area contributed by atoms with Gasteiger partial charge >= 0.3 is 5.97 Å². The van der Waals surface area contributed by atoms with Crippen molar-refractivity contribution >= 4 is 23.5 Å². The highest BCUT2D eigenvalue weighted by Gasteiger charge is 2.35. The van der Waals surface area contributed by atoms with Gasteiger partial charge in [0.1, 0.15) is 5.75 Å². The number of hydrogen-bond donors (Lipinski definition) is 0. The van der Waals surface area contributed by atoms with Crippen LogP contribution in [-0.2, 0) is 4.79 Å². The van der Waals surface area contributed by atoms with E-state index in [1.54, 1.807) is 23.9 Å². The van der Waals surface area contributed by atoms with Crippen molar-refractivity contribution in [2.75, 3.05) is 5.75 Å². The summed E-state index contributed by atoms with van der Waals surface area (Å²) in [7, 11) is 0. The molecule has 0 spiro atoms. The van der Waals surface area contributed by atoms with Gasteiger partial charge in [0.25, 0.3) is 0 Å². The van der Waals surface area contributed by atoms with E-state index in [1.165, 1.54) is 6.42 Å². The molecule has 140 valence electrons. The van der Waals surface area contributed by atoms with Gasteiger partial charge in [-0.25, -0.2) is 0 Å². The van der Waals surface area contributed by atoms with E-state index in [4.69, 9.17) is 4.74 Å². The topological polar surface area (TPSA) is 43.4 Å². The van der Waals surface area contributed by atoms with Crippen LogP contribution in [0.1, 0.15) is 54.4 Å². The zero-order valence-electron chi connectivity index (χ0n) is 15.5. The number of hydrogen-bond acceptors (Lipinski definition) is 4. The highest BCUT2D eigenvalue weighted by molar-refractivity contribution is 7.99. The summed E-state index contributed by atoms with van der Waals surface area (Å²) in [5.41, 5.74) is 1.74. The van der Waals surface area contributed by atoms with E-state index < -0.39 is 0 Å². The third-order valence-electron chi connectivity index (χ3n) is 5.79. The average molecular weight is 381 g/mol. The predicted octanol–water partition coefficient (Wildman–Crippen LogP) is 5.49. The standard InChI is InChI=1S/C23H24O3S/c1-15(23(25)26-18-8-3-2-4-9-18)16-11-12-20-21(13-16)27-14-17-7-5-6-10-19(17)22(20)24/h2-4,8-9,11-13,15,17,19H,5-7,10,14H2,1H3/t15?,17-,19+/m1/s1. The normalized spacial score (nSPS) is 22.9. The molecule has 1 fully saturated rings. The quantitative estimate of drug-likeness (QED) is 0.522. The number of fused-ring (bicyclic) bond motifs is 2. The molecule has 2 aromatic carbocycles. The maximum absolute atomic E-state index is 13.0. The van der Waals surface area contributed by atoms with Crippen LogP contribution in [-0.4, -0.2) is 17.5 Å². The third kappa shape index (κ3) is 3.81. The fourth-order valence-corrected chi connectivity index (χ4v) is 5.45. The van der Waals surface area contributed by atoms with E-state index in [0.29, 0.717) is 17.5 Å². The number of ether oxygens (including phenoxy) is 1. The molecule has 1 heterocycles. The molecule has 1 aliphatic carbocycles. The summed E-state index contributed by atoms with van der Waals surface area (Å²) in [5, 5.41) is 0. The molecule has 2 aromatic rings. The van der Waals surface area contributed by atoms with Crippen LogP contribution in [0, 0.1) is 11.8 Å². The lowest BCUT2D eigenvalue weighted by atomic mass is 9.76. The van der Waals surface area contributed by atoms with Crippen LogP contribution in [0.5, 0.6) is 5.75 Å². The SMILES string of the molecule is CC(C(=O)Oc1ccccc1)c1ccc2c(c1)SC[C@H]1CCCC[C@@H]1C2=O. The molecule has 3 atom stereocenters. The third-order valence-corrected chi connectivity index (χ3v) is 7.03. The number of carbonyl (C=O) groups excluding carboxylic acids is 2. The maximum Gasteiger partial charge on any atom is 0.318 e. The summed E-state index contributed by atoms with van der Waals surface area (Å²) < 4.78 is 5.48. The zero-order valence-corrected chi connectivity index (χ0v) is 16.3. The van der Waals surface area contributed by atoms with E-state index in [1.807, 2.05) is 43.3 Å². The van der Waals surface area contributed by atoms with Crippen molar-refractivity contribution in [1.29, 1.82) is 0 Å². The highest BCUT2D eigenvalue weighted by atomic mass is 32.2. The molecular weight excluding hydrogens is 356 g/mol. The first-order valence-electron chi connectivity index (χ1n) is 9.71. The Bertz CT molecular complexity index is 846. The molecule has 0 N–H and O–H groups in total. The average Bonchev–Trinajstić information content (AvgIpc) is 2.85. The Balaban J connectivity index is 1.55. The number of benzene rings is 2. The van der Waals surface area contributed by atoms with E-state index >= 15 is 0 Å². The Morgan fingerprint density at radius 1 is 1.11 bits per heavy atom. The molecule has 4 heteroatoms. The second-order valence-corrected chi connectivity index (χ2v) is 8.60. The summed E-state index contributed by atoms with van der Waals surface area (Å²) in [6.07, 6.45) is 4.57. The summed E-state index contributed by atoms with van der Waals surface area (Å²) in [4.78, 5) is 26.6. The van der Waals surface area contributed by atoms with Crippen molar-refractivity contribution in [2.45, 2.75) is 43.4 Å². The van der Waals surface area contributed by atoms with Crippen LogP contribution in [0.25, 0.3) is 0 Å². The summed E-state index contributed by atoms with van der Waals surface area (Å²) >= 11 is 1.77. The summed E-state index contributed by atoms with van der Waals surface area (Å²) in [6, 6.07) is 15.0. The van der Waals surface area contributed by atoms with Gasteiger partial charge in [-0.2, -0.15) is 0 Å². The first-order valence-corrected chi connectivity index (χ1v) is 10.7. The van der Waals surface area contributed by atoms with E-state index in [0.717, 1.165) is 41.0 Å². The van der Waals surface area contributed by atoms with Crippen molar-refractivity contribution < 1.29 is 14.3 Å². The van der Waals surface area contributed by atoms with Gasteiger partial charge < -0.3 is 4.74 Å². The van der Waals surface area contributed by atoms with Crippen LogP contribution < -0.4 is 4.74 Å². The first kappa shape index (κ1) is 18.3. The molecule has 1 saturated carbocycles. The van der Waals surface area contributed by atoms with E-state index in [9.17, 15) is 9.59 Å². The van der Waals surface area contributed by atoms with Gasteiger partial charge in [-0.3, -0.25) is 9.59 Å². The van der Waals surface area contributed by atoms with Gasteiger partial charge in [0, 0.05) is 22.1 Å². The molecule has 0 amide bonds. The monoisotopic (exact) mass is 380 g/mol. The van der Waals surface area contributed by atoms with Crippen molar-refractivity contribution in [3.63, 3.8) is 0 Å². The number of thioether (sulfide) groups is 1. The summed E-state index contributed by atoms with van der Waals surface area (Å²) in [5.74, 6) is 1.86. The molecule has 3 nitrogen and oxygen atoms in total. The van der Waals surface area contributed by atoms with E-state index in [-0.39, 0.29) is 17.8 Å². The van der Waals surface area contributed by atoms with Crippen molar-refractivity contribution in [3.05, 3.63) is 59.7 Å². The van der Waals surface area contributed by atoms with Gasteiger partial charge in [-0.15, -0.1) is 11.8 Å². The molecule has 0 bridgehead atoms. The first-order chi connectivity index (χ1) is 13.1. The Morgan fingerprint density at radius 2 is 1.89 bits per heavy atom. The molecule has 4 rings (SSSR count). The van der Waals surface area contributed by atoms with Gasteiger partial charge in [0.2, 0.25) is 0 Å². The van der Waals surface area contributed by atoms with Crippen molar-refractivity contribution in [2.24, 2.45) is 11.8 Å². The van der Waals surface area contributed by atoms with Gasteiger partial charge in [-0.05, 0) is 55.5 Å². The molecule has 0 aromatic heterocycles. The predicted molar refractivity (Wildman–Crippen MR) is 107 cm³/mol. The molecule has 0 saturated heterocycles. The lowest BCUT2D eigenvalue weighted by molar-refractivity contribution is -0.135. The van der Waals surface area contributed by atoms with Gasteiger partial charge in [0.15, 0.2) is 5.78 Å². The number of Topliss-reactive ketones (excluding diaryl/α,β-unsaturated/α-hetero) is 1. The fourth-order valence-electron chi connectivity index (χ4n) is 4.11. The number of ketones is 1. The van der Waals surface area contributed by atoms with Crippen LogP contribution in [0.4, 0.5) is 0 Å². The Morgan fingerprint density at radius 3 is 2.70 bits per heavy atom. The van der Waals surface area contributed by atoms with Crippen LogP contribution in [0.3, 0.4) is 0 Å². The fraction of sp³-hybridized carbons (Fsp3) is 0.391. The molecule has 2 aliphatic rings. The molecule has 1 unspecified atom stereocenters. The van der Waals surface area contributed by atoms with Crippen molar-refractivity contribution in [3.8, 4) is 5.75 Å². The minimum absolute atomic E-state index is 0.179. The second kappa shape index (κ2) is 7.89. The second-order valence-electron chi connectivity index (χ2n) is 7.54. The van der Waals surface area contributed by atoms with Crippen LogP contribution in [0.2, 0.25) is 0 Å². The van der Waals surface area contributed by atoms with Gasteiger partial charge in [0.05, 0.1) is 5.92 Å². The number of para-hydroxylation sites is 1. The Hall–Kier alpha value is -2.07. The smallest absolute Gasteiger partial charge is 0.318 e. The van der Waals surface area contributed by atoms with Gasteiger partial charge in [-0.1, -0.05) is 37.1 Å². The lowest BCUT2D eigenvalue weighted by Crippen LogP contribution is -2.27. The maximum atomic E-state index is 13.0. The Kier molecular flexibility index (Phi) is 5.35. The minimum Gasteiger partial charge on any atom is -0.426 e. The largest absolute Gasteiger partial charge is 0.426 e. The zero-order chi connectivity index (χ0) is 18.8. The van der Waals surface area contributed by atoms with Crippen LogP contribution in [0.15, 0.2) is 53.4 Å². The molecular formula is C23H24O3S. The van der Waals surface area contributed by atoms with E-state index in [2.05, 4.69) is 0 Å².